The molecule has 6 heterocycles. The SMILES string of the molecule is CCc1cc(N2CCC(N3CCN(C)CC3)CC2)ccc1Nc1nc(N2SN3CCc4cccc2c43)c2sccc2n1. The van der Waals surface area contributed by atoms with E-state index in [1.807, 2.05) is 0 Å². The van der Waals surface area contributed by atoms with Gasteiger partial charge in [-0.05, 0) is 79.6 Å². The number of fused-ring (bicyclic) bond motifs is 1. The summed E-state index contributed by atoms with van der Waals surface area (Å²) in [5.74, 6) is 1.61. The Morgan fingerprint density at radius 2 is 1.81 bits per heavy atom. The first-order chi connectivity index (χ1) is 20.6. The quantitative estimate of drug-likeness (QED) is 0.258. The predicted molar refractivity (Wildman–Crippen MR) is 178 cm³/mol. The van der Waals surface area contributed by atoms with Gasteiger partial charge in [-0.2, -0.15) is 4.98 Å². The Morgan fingerprint density at radius 1 is 0.952 bits per heavy atom. The Kier molecular flexibility index (Phi) is 6.89. The average Bonchev–Trinajstić information content (AvgIpc) is 3.77. The molecule has 10 heteroatoms. The maximum absolute atomic E-state index is 5.13. The second kappa shape index (κ2) is 10.9. The number of para-hydroxylation sites is 1. The van der Waals surface area contributed by atoms with Gasteiger partial charge in [0.05, 0.1) is 33.7 Å². The molecule has 0 radical (unpaired) electrons. The first kappa shape index (κ1) is 26.6. The first-order valence-electron chi connectivity index (χ1n) is 15.3. The molecule has 42 heavy (non-hydrogen) atoms. The van der Waals surface area contributed by atoms with Gasteiger partial charge >= 0.3 is 0 Å². The van der Waals surface area contributed by atoms with E-state index >= 15 is 0 Å². The van der Waals surface area contributed by atoms with Crippen molar-refractivity contribution in [1.82, 2.24) is 19.8 Å². The number of nitrogens with one attached hydrogen (secondary N) is 1. The molecule has 0 unspecified atom stereocenters. The molecule has 0 bridgehead atoms. The number of hydrogen-bond donors (Lipinski definition) is 1. The van der Waals surface area contributed by atoms with Crippen molar-refractivity contribution in [2.75, 3.05) is 71.7 Å². The Morgan fingerprint density at radius 3 is 2.64 bits per heavy atom. The van der Waals surface area contributed by atoms with Crippen molar-refractivity contribution >= 4 is 68.2 Å². The van der Waals surface area contributed by atoms with Crippen LogP contribution in [0.15, 0.2) is 47.8 Å². The molecule has 0 amide bonds. The molecule has 2 fully saturated rings. The van der Waals surface area contributed by atoms with E-state index in [4.69, 9.17) is 9.97 Å². The van der Waals surface area contributed by atoms with Crippen LogP contribution in [-0.2, 0) is 12.8 Å². The molecule has 1 N–H and O–H groups in total. The lowest BCUT2D eigenvalue weighted by molar-refractivity contribution is 0.0982. The van der Waals surface area contributed by atoms with E-state index in [0.717, 1.165) is 60.2 Å². The van der Waals surface area contributed by atoms with Gasteiger partial charge in [-0.15, -0.1) is 11.3 Å². The summed E-state index contributed by atoms with van der Waals surface area (Å²) >= 11 is 3.47. The summed E-state index contributed by atoms with van der Waals surface area (Å²) in [7, 11) is 2.24. The summed E-state index contributed by atoms with van der Waals surface area (Å²) in [5.41, 5.74) is 8.71. The predicted octanol–water partition coefficient (Wildman–Crippen LogP) is 6.29. The van der Waals surface area contributed by atoms with Crippen LogP contribution in [-0.4, -0.2) is 78.7 Å². The van der Waals surface area contributed by atoms with E-state index in [1.165, 1.54) is 67.2 Å². The number of benzene rings is 2. The van der Waals surface area contributed by atoms with Crippen LogP contribution >= 0.6 is 23.5 Å². The van der Waals surface area contributed by atoms with Crippen LogP contribution in [0.1, 0.15) is 30.9 Å². The summed E-state index contributed by atoms with van der Waals surface area (Å²) in [6.07, 6.45) is 4.56. The average molecular weight is 599 g/mol. The molecule has 8 nitrogen and oxygen atoms in total. The Labute approximate surface area is 256 Å². The van der Waals surface area contributed by atoms with Gasteiger partial charge in [0.1, 0.15) is 0 Å². The number of anilines is 6. The van der Waals surface area contributed by atoms with E-state index in [9.17, 15) is 0 Å². The van der Waals surface area contributed by atoms with E-state index < -0.39 is 0 Å². The van der Waals surface area contributed by atoms with Crippen molar-refractivity contribution in [1.29, 1.82) is 0 Å². The van der Waals surface area contributed by atoms with Gasteiger partial charge in [0, 0.05) is 63.2 Å². The molecule has 218 valence electrons. The maximum atomic E-state index is 5.13. The summed E-state index contributed by atoms with van der Waals surface area (Å²) in [6.45, 7) is 10.3. The standard InChI is InChI=1S/C32H38N8S2/c1-3-22-21-25(37-13-10-24(11-14-37)38-18-16-36(2)17-19-38)7-8-26(22)33-32-34-27-12-20-41-30(27)31(35-32)40-28-6-4-5-23-9-15-39(42-40)29(23)28/h4-8,12,20-21,24H,3,9-11,13-19H2,1-2H3,(H,33,34,35). The Balaban J connectivity index is 1.02. The third-order valence-electron chi connectivity index (χ3n) is 9.41. The summed E-state index contributed by atoms with van der Waals surface area (Å²) in [6, 6.07) is 16.4. The molecule has 2 aromatic heterocycles. The van der Waals surface area contributed by atoms with Gasteiger partial charge in [-0.1, -0.05) is 19.1 Å². The molecule has 2 aromatic carbocycles. The van der Waals surface area contributed by atoms with Gasteiger partial charge < -0.3 is 15.1 Å². The molecule has 4 aliphatic rings. The van der Waals surface area contributed by atoms with Crippen LogP contribution in [0.5, 0.6) is 0 Å². The van der Waals surface area contributed by atoms with Gasteiger partial charge in [-0.3, -0.25) is 9.21 Å². The number of aromatic nitrogens is 2. The van der Waals surface area contributed by atoms with E-state index in [0.29, 0.717) is 5.95 Å². The second-order valence-corrected chi connectivity index (χ2v) is 13.8. The highest BCUT2D eigenvalue weighted by Crippen LogP contribution is 2.54. The van der Waals surface area contributed by atoms with Crippen molar-refractivity contribution in [3.05, 3.63) is 59.0 Å². The minimum absolute atomic E-state index is 0.653. The summed E-state index contributed by atoms with van der Waals surface area (Å²) in [5, 5.41) is 5.74. The number of hydrogen-bond acceptors (Lipinski definition) is 10. The highest BCUT2D eigenvalue weighted by Gasteiger charge is 2.36. The number of aryl methyl sites for hydroxylation is 1. The zero-order valence-corrected chi connectivity index (χ0v) is 26.1. The van der Waals surface area contributed by atoms with Crippen molar-refractivity contribution in [3.63, 3.8) is 0 Å². The Hall–Kier alpha value is -3.05. The van der Waals surface area contributed by atoms with Crippen molar-refractivity contribution in [2.24, 2.45) is 0 Å². The zero-order valence-electron chi connectivity index (χ0n) is 24.4. The van der Waals surface area contributed by atoms with E-state index in [2.05, 4.69) is 90.4 Å². The molecule has 0 atom stereocenters. The van der Waals surface area contributed by atoms with Crippen LogP contribution < -0.4 is 18.8 Å². The zero-order chi connectivity index (χ0) is 28.2. The number of nitrogens with zero attached hydrogens (tertiary/aromatic N) is 7. The largest absolute Gasteiger partial charge is 0.371 e. The Bertz CT molecular complexity index is 1610. The van der Waals surface area contributed by atoms with Crippen LogP contribution in [0.2, 0.25) is 0 Å². The fraction of sp³-hybridized carbons (Fsp3) is 0.438. The smallest absolute Gasteiger partial charge is 0.229 e. The van der Waals surface area contributed by atoms with Crippen molar-refractivity contribution in [3.8, 4) is 0 Å². The number of piperidine rings is 1. The highest BCUT2D eigenvalue weighted by atomic mass is 32.2. The highest BCUT2D eigenvalue weighted by molar-refractivity contribution is 8.02. The fourth-order valence-electron chi connectivity index (χ4n) is 6.97. The second-order valence-electron chi connectivity index (χ2n) is 11.9. The topological polar surface area (TPSA) is 54.0 Å². The first-order valence-corrected chi connectivity index (χ1v) is 17.0. The molecular formula is C32H38N8S2. The van der Waals surface area contributed by atoms with Gasteiger partial charge in [0.2, 0.25) is 5.95 Å². The molecule has 4 aromatic rings. The van der Waals surface area contributed by atoms with Gasteiger partial charge in [0.15, 0.2) is 5.82 Å². The third kappa shape index (κ3) is 4.69. The molecule has 4 aliphatic heterocycles. The van der Waals surface area contributed by atoms with Crippen LogP contribution in [0.3, 0.4) is 0 Å². The lowest BCUT2D eigenvalue weighted by Crippen LogP contribution is -2.52. The fourth-order valence-corrected chi connectivity index (χ4v) is 8.95. The molecule has 0 saturated carbocycles. The minimum Gasteiger partial charge on any atom is -0.371 e. The molecule has 0 aliphatic carbocycles. The third-order valence-corrected chi connectivity index (χ3v) is 11.4. The van der Waals surface area contributed by atoms with E-state index in [1.54, 1.807) is 23.5 Å². The summed E-state index contributed by atoms with van der Waals surface area (Å²) < 4.78 is 5.82. The van der Waals surface area contributed by atoms with Crippen LogP contribution in [0, 0.1) is 0 Å². The van der Waals surface area contributed by atoms with E-state index in [-0.39, 0.29) is 0 Å². The number of piperazine rings is 1. The minimum atomic E-state index is 0.653. The lowest BCUT2D eigenvalue weighted by atomic mass is 10.0. The number of likely N-dealkylation sites (N-methyl/N-ethyl adjacent to an activating group) is 1. The van der Waals surface area contributed by atoms with Gasteiger partial charge in [0.25, 0.3) is 0 Å². The monoisotopic (exact) mass is 598 g/mol. The molecule has 2 saturated heterocycles. The van der Waals surface area contributed by atoms with Crippen molar-refractivity contribution in [2.45, 2.75) is 38.6 Å². The molecule has 0 spiro atoms. The normalized spacial score (nSPS) is 19.7. The van der Waals surface area contributed by atoms with Crippen molar-refractivity contribution < 1.29 is 0 Å². The lowest BCUT2D eigenvalue weighted by Gasteiger charge is -2.42. The molecule has 8 rings (SSSR count). The number of thiophene rings is 1. The summed E-state index contributed by atoms with van der Waals surface area (Å²) in [4.78, 5) is 17.8. The van der Waals surface area contributed by atoms with Crippen LogP contribution in [0.25, 0.3) is 10.2 Å². The maximum Gasteiger partial charge on any atom is 0.229 e. The number of rotatable bonds is 6. The van der Waals surface area contributed by atoms with Crippen LogP contribution in [0.4, 0.5) is 34.5 Å². The molecular weight excluding hydrogens is 561 g/mol. The van der Waals surface area contributed by atoms with Gasteiger partial charge in [-0.25, -0.2) is 9.29 Å².